The molecule has 2 aliphatic rings. The number of hydrogen-bond acceptors (Lipinski definition) is 1. The number of aryl methyl sites for hydroxylation is 3. The van der Waals surface area contributed by atoms with Crippen LogP contribution in [0.3, 0.4) is 0 Å². The average molecular weight is 542 g/mol. The molecule has 0 saturated carbocycles. The molecule has 0 atom stereocenters. The smallest absolute Gasteiger partial charge is 0 e. The first kappa shape index (κ1) is 24.9. The fourth-order valence-corrected chi connectivity index (χ4v) is 17.4. The maximum atomic E-state index is 4.17. The molecule has 0 bridgehead atoms. The van der Waals surface area contributed by atoms with Crippen molar-refractivity contribution in [1.82, 2.24) is 4.98 Å². The molecule has 4 radical (unpaired) electrons. The van der Waals surface area contributed by atoms with Crippen molar-refractivity contribution in [3.8, 4) is 22.4 Å². The molecule has 1 fully saturated rings. The second-order valence-corrected chi connectivity index (χ2v) is 18.6. The third kappa shape index (κ3) is 4.80. The van der Waals surface area contributed by atoms with Gasteiger partial charge >= 0.3 is 178 Å². The summed E-state index contributed by atoms with van der Waals surface area (Å²) in [7, 11) is 2.24. The molecule has 2 aromatic heterocycles. The summed E-state index contributed by atoms with van der Waals surface area (Å²) in [5.74, 6) is 0. The molecule has 0 aliphatic carbocycles. The zero-order valence-corrected chi connectivity index (χ0v) is 23.7. The number of rotatable bonds is 2. The average Bonchev–Trinajstić information content (AvgIpc) is 2.76. The van der Waals surface area contributed by atoms with Gasteiger partial charge in [0.25, 0.3) is 0 Å². The van der Waals surface area contributed by atoms with Crippen LogP contribution >= 0.6 is 0 Å². The third-order valence-corrected chi connectivity index (χ3v) is 18.7. The Morgan fingerprint density at radius 1 is 1.00 bits per heavy atom. The minimum absolute atomic E-state index is 0. The van der Waals surface area contributed by atoms with E-state index < -0.39 is 13.3 Å². The van der Waals surface area contributed by atoms with E-state index in [-0.39, 0.29) is 41.1 Å². The quantitative estimate of drug-likeness (QED) is 0.264. The molecule has 0 unspecified atom stereocenters. The Kier molecular flexibility index (Phi) is 8.38. The summed E-state index contributed by atoms with van der Waals surface area (Å²) < 4.78 is 4.21. The summed E-state index contributed by atoms with van der Waals surface area (Å²) in [5, 5.41) is 4.68. The predicted molar refractivity (Wildman–Crippen MR) is 126 cm³/mol. The fraction of sp³-hybridized carbons (Fsp3) is 0.385. The fourth-order valence-electron chi connectivity index (χ4n) is 5.59. The van der Waals surface area contributed by atoms with Crippen molar-refractivity contribution in [2.24, 2.45) is 7.05 Å². The van der Waals surface area contributed by atoms with Gasteiger partial charge in [0.05, 0.1) is 0 Å². The largest absolute Gasteiger partial charge is 0 e. The van der Waals surface area contributed by atoms with Crippen LogP contribution in [-0.4, -0.2) is 26.7 Å². The molecular formula is C26H29BGeN2Y-. The molecule has 1 aromatic carbocycles. The van der Waals surface area contributed by atoms with Gasteiger partial charge in [-0.25, -0.2) is 0 Å². The molecule has 5 rings (SSSR count). The number of benzene rings is 1. The molecule has 154 valence electrons. The van der Waals surface area contributed by atoms with Crippen molar-refractivity contribution >= 4 is 26.1 Å². The van der Waals surface area contributed by atoms with Crippen LogP contribution in [0.2, 0.25) is 15.8 Å². The molecule has 1 saturated heterocycles. The normalized spacial score (nSPS) is 16.7. The van der Waals surface area contributed by atoms with E-state index in [9.17, 15) is 0 Å². The summed E-state index contributed by atoms with van der Waals surface area (Å²) in [4.78, 5) is 4.17. The summed E-state index contributed by atoms with van der Waals surface area (Å²) in [6.45, 7) is 2.20. The van der Waals surface area contributed by atoms with Gasteiger partial charge < -0.3 is 0 Å². The molecule has 4 heterocycles. The van der Waals surface area contributed by atoms with Crippen molar-refractivity contribution in [3.63, 3.8) is 0 Å². The van der Waals surface area contributed by atoms with E-state index >= 15 is 0 Å². The molecule has 0 amide bonds. The zero-order chi connectivity index (χ0) is 19.8. The van der Waals surface area contributed by atoms with Crippen LogP contribution in [0.1, 0.15) is 36.8 Å². The van der Waals surface area contributed by atoms with Gasteiger partial charge in [0, 0.05) is 41.1 Å². The van der Waals surface area contributed by atoms with Gasteiger partial charge in [-0.3, -0.25) is 0 Å². The van der Waals surface area contributed by atoms with Crippen molar-refractivity contribution in [2.45, 2.75) is 54.8 Å². The van der Waals surface area contributed by atoms with E-state index in [4.69, 9.17) is 0 Å². The number of fused-ring (bicyclic) bond motifs is 2. The molecule has 2 aliphatic heterocycles. The van der Waals surface area contributed by atoms with Crippen LogP contribution in [0.15, 0.2) is 42.7 Å². The number of aromatic nitrogens is 2. The van der Waals surface area contributed by atoms with Gasteiger partial charge in [0.2, 0.25) is 0 Å². The van der Waals surface area contributed by atoms with E-state index in [1.165, 1.54) is 48.9 Å². The van der Waals surface area contributed by atoms with E-state index in [0.29, 0.717) is 0 Å². The standard InChI is InChI=1S/C26H29GeN2.B.Y/c1-20-10-11-21(23-9-7-15-28-18-23)16-24(20)26-17-22-8-6-14-27(12-4-3-5-13-27)25(22)19-29(26)2;;/h7,9-11,15,17,19H,3-6,8,12-14H2,1-2H3;;/q-1;;. The topological polar surface area (TPSA) is 16.8 Å². The van der Waals surface area contributed by atoms with Gasteiger partial charge in [0.1, 0.15) is 0 Å². The predicted octanol–water partition coefficient (Wildman–Crippen LogP) is 4.55. The van der Waals surface area contributed by atoms with Crippen molar-refractivity contribution < 1.29 is 37.3 Å². The van der Waals surface area contributed by atoms with Gasteiger partial charge in [-0.15, -0.1) is 0 Å². The molecule has 5 heteroatoms. The number of hydrogen-bond donors (Lipinski definition) is 0. The van der Waals surface area contributed by atoms with E-state index in [0.717, 1.165) is 11.1 Å². The van der Waals surface area contributed by atoms with Crippen LogP contribution in [0, 0.1) is 19.2 Å². The van der Waals surface area contributed by atoms with E-state index in [1.807, 2.05) is 10.5 Å². The molecule has 2 nitrogen and oxygen atoms in total. The number of nitrogens with zero attached hydrogens (tertiary/aromatic N) is 2. The van der Waals surface area contributed by atoms with Crippen molar-refractivity contribution in [3.05, 3.63) is 66.1 Å². The Labute approximate surface area is 217 Å². The Hall–Kier alpha value is -0.768. The monoisotopic (exact) mass is 543 g/mol. The third-order valence-electron chi connectivity index (χ3n) is 7.15. The Morgan fingerprint density at radius 3 is 2.52 bits per heavy atom. The van der Waals surface area contributed by atoms with Crippen molar-refractivity contribution in [1.29, 1.82) is 0 Å². The van der Waals surface area contributed by atoms with E-state index in [2.05, 4.69) is 66.2 Å². The van der Waals surface area contributed by atoms with Crippen LogP contribution in [0.25, 0.3) is 22.4 Å². The Bertz CT molecular complexity index is 1050. The van der Waals surface area contributed by atoms with Crippen LogP contribution in [0.4, 0.5) is 0 Å². The first-order chi connectivity index (χ1) is 14.2. The molecule has 1 spiro atoms. The second-order valence-electron chi connectivity index (χ2n) is 9.00. The molecule has 3 aromatic rings. The molecule has 0 N–H and O–H groups in total. The summed E-state index contributed by atoms with van der Waals surface area (Å²) >= 11 is -1.86. The Morgan fingerprint density at radius 2 is 1.77 bits per heavy atom. The van der Waals surface area contributed by atoms with Crippen molar-refractivity contribution in [2.75, 3.05) is 0 Å². The summed E-state index contributed by atoms with van der Waals surface area (Å²) in [5.41, 5.74) is 7.50. The van der Waals surface area contributed by atoms with Gasteiger partial charge in [-0.1, -0.05) is 0 Å². The molecular weight excluding hydrogens is 513 g/mol. The Balaban J connectivity index is 0.00000136. The minimum Gasteiger partial charge on any atom is 0 e. The minimum atomic E-state index is -1.86. The summed E-state index contributed by atoms with van der Waals surface area (Å²) in [6.07, 6.45) is 14.5. The first-order valence-corrected chi connectivity index (χ1v) is 16.6. The maximum absolute atomic E-state index is 4.17. The number of pyridine rings is 2. The SMILES string of the molecule is Cc1ccc(-c2[c-]nccc2)[c-]c1-c1cc2[c](c[n+]1C)[Ge]1([CH2]CCC[CH2]1)[CH2]CC2.[B].[Y]. The van der Waals surface area contributed by atoms with Gasteiger partial charge in [0.15, 0.2) is 0 Å². The van der Waals surface area contributed by atoms with Crippen LogP contribution < -0.4 is 8.96 Å². The van der Waals surface area contributed by atoms with Gasteiger partial charge in [-0.2, -0.15) is 0 Å². The second kappa shape index (κ2) is 10.4. The maximum Gasteiger partial charge on any atom is 0 e. The molecule has 31 heavy (non-hydrogen) atoms. The first-order valence-electron chi connectivity index (χ1n) is 11.1. The van der Waals surface area contributed by atoms with Gasteiger partial charge in [-0.05, 0) is 0 Å². The zero-order valence-electron chi connectivity index (χ0n) is 18.7. The van der Waals surface area contributed by atoms with Crippen LogP contribution in [-0.2, 0) is 46.2 Å². The van der Waals surface area contributed by atoms with Crippen LogP contribution in [0.5, 0.6) is 0 Å². The summed E-state index contributed by atoms with van der Waals surface area (Å²) in [6, 6.07) is 14.6. The van der Waals surface area contributed by atoms with E-state index in [1.54, 1.807) is 27.5 Å².